The number of aryl methyl sites for hydroxylation is 2. The number of aliphatic imine (C=N–C) groups is 1. The number of hydrogen-bond donors (Lipinski definition) is 0. The number of aromatic nitrogens is 3. The molecule has 0 saturated heterocycles. The van der Waals surface area contributed by atoms with Crippen LogP contribution in [-0.2, 0) is 14.1 Å². The Morgan fingerprint density at radius 3 is 2.31 bits per heavy atom. The fraction of sp³-hybridized carbons (Fsp3) is 0.130. The van der Waals surface area contributed by atoms with E-state index in [-0.39, 0.29) is 5.56 Å². The van der Waals surface area contributed by atoms with Gasteiger partial charge in [-0.1, -0.05) is 48.0 Å². The minimum Gasteiger partial charge on any atom is -0.280 e. The molecule has 0 atom stereocenters. The number of fused-ring (bicyclic) bond motifs is 1. The summed E-state index contributed by atoms with van der Waals surface area (Å²) in [5.74, 6) is 0. The van der Waals surface area contributed by atoms with Crippen molar-refractivity contribution in [3.05, 3.63) is 92.6 Å². The topological polar surface area (TPSA) is 69.2 Å². The summed E-state index contributed by atoms with van der Waals surface area (Å²) in [6.45, 7) is 2.02. The maximum Gasteiger partial charge on any atom is 0.332 e. The maximum absolute atomic E-state index is 12.7. The Labute approximate surface area is 167 Å². The minimum atomic E-state index is -0.407. The van der Waals surface area contributed by atoms with E-state index in [9.17, 15) is 9.59 Å². The summed E-state index contributed by atoms with van der Waals surface area (Å²) in [5.41, 5.74) is 3.77. The van der Waals surface area contributed by atoms with E-state index in [0.717, 1.165) is 21.4 Å². The molecule has 0 spiro atoms. The summed E-state index contributed by atoms with van der Waals surface area (Å²) in [7, 11) is 3.09. The second-order valence-electron chi connectivity index (χ2n) is 6.96. The Morgan fingerprint density at radius 1 is 0.931 bits per heavy atom. The van der Waals surface area contributed by atoms with E-state index in [0.29, 0.717) is 22.3 Å². The van der Waals surface area contributed by atoms with Crippen LogP contribution in [0.2, 0.25) is 0 Å². The van der Waals surface area contributed by atoms with E-state index in [2.05, 4.69) is 4.99 Å². The van der Waals surface area contributed by atoms with Crippen molar-refractivity contribution in [2.45, 2.75) is 6.92 Å². The molecule has 0 fully saturated rings. The lowest BCUT2D eigenvalue weighted by Gasteiger charge is -2.11. The molecule has 144 valence electrons. The Hall–Kier alpha value is -3.80. The van der Waals surface area contributed by atoms with Crippen LogP contribution in [0.4, 0.5) is 5.69 Å². The van der Waals surface area contributed by atoms with Crippen LogP contribution in [0.1, 0.15) is 11.1 Å². The second kappa shape index (κ2) is 7.31. The molecule has 0 aliphatic heterocycles. The molecule has 2 aromatic heterocycles. The van der Waals surface area contributed by atoms with Crippen molar-refractivity contribution in [2.75, 3.05) is 0 Å². The molecule has 29 heavy (non-hydrogen) atoms. The molecule has 0 radical (unpaired) electrons. The van der Waals surface area contributed by atoms with Gasteiger partial charge in [-0.25, -0.2) is 9.78 Å². The van der Waals surface area contributed by atoms with Crippen LogP contribution in [0.25, 0.3) is 22.3 Å². The summed E-state index contributed by atoms with van der Waals surface area (Å²) < 4.78 is 2.49. The van der Waals surface area contributed by atoms with Crippen molar-refractivity contribution in [1.82, 2.24) is 14.1 Å². The first-order chi connectivity index (χ1) is 14.0. The van der Waals surface area contributed by atoms with Crippen molar-refractivity contribution in [1.29, 1.82) is 0 Å². The number of hydrogen-bond acceptors (Lipinski definition) is 4. The van der Waals surface area contributed by atoms with Gasteiger partial charge in [-0.15, -0.1) is 0 Å². The average Bonchev–Trinajstić information content (AvgIpc) is 2.75. The van der Waals surface area contributed by atoms with Crippen molar-refractivity contribution >= 4 is 22.9 Å². The fourth-order valence-electron chi connectivity index (χ4n) is 3.21. The molecule has 6 nitrogen and oxygen atoms in total. The van der Waals surface area contributed by atoms with Crippen LogP contribution in [0.3, 0.4) is 0 Å². The van der Waals surface area contributed by atoms with E-state index < -0.39 is 5.69 Å². The number of pyridine rings is 1. The lowest BCUT2D eigenvalue weighted by Crippen LogP contribution is -2.37. The van der Waals surface area contributed by atoms with E-state index in [1.54, 1.807) is 19.3 Å². The Balaban J connectivity index is 2.02. The highest BCUT2D eigenvalue weighted by molar-refractivity contribution is 5.95. The standard InChI is InChI=1S/C23H20N4O2/c1-15-9-11-16(12-10-15)20-17(14-24-18-7-5-4-6-8-18)13-19-21(25-20)26(2)23(29)27(3)22(19)28/h4-14H,1-3H3. The van der Waals surface area contributed by atoms with Gasteiger partial charge in [-0.2, -0.15) is 0 Å². The monoisotopic (exact) mass is 384 g/mol. The third-order valence-corrected chi connectivity index (χ3v) is 4.89. The molecule has 4 rings (SSSR count). The SMILES string of the molecule is Cc1ccc(-c2nc3c(cc2C=Nc2ccccc2)c(=O)n(C)c(=O)n3C)cc1. The molecule has 4 aromatic rings. The summed E-state index contributed by atoms with van der Waals surface area (Å²) in [6.07, 6.45) is 1.71. The van der Waals surface area contributed by atoms with Crippen LogP contribution in [0.5, 0.6) is 0 Å². The summed E-state index contributed by atoms with van der Waals surface area (Å²) in [4.78, 5) is 34.3. The Morgan fingerprint density at radius 2 is 1.62 bits per heavy atom. The first-order valence-electron chi connectivity index (χ1n) is 9.22. The maximum atomic E-state index is 12.7. The van der Waals surface area contributed by atoms with E-state index >= 15 is 0 Å². The molecule has 2 aromatic carbocycles. The molecule has 0 bridgehead atoms. The molecular formula is C23H20N4O2. The lowest BCUT2D eigenvalue weighted by atomic mass is 10.0. The van der Waals surface area contributed by atoms with E-state index in [4.69, 9.17) is 4.98 Å². The molecule has 0 aliphatic rings. The number of para-hydroxylation sites is 1. The largest absolute Gasteiger partial charge is 0.332 e. The fourth-order valence-corrected chi connectivity index (χ4v) is 3.21. The predicted octanol–water partition coefficient (Wildman–Crippen LogP) is 3.36. The van der Waals surface area contributed by atoms with Gasteiger partial charge in [0, 0.05) is 31.4 Å². The van der Waals surface area contributed by atoms with Crippen LogP contribution in [0, 0.1) is 6.92 Å². The lowest BCUT2D eigenvalue weighted by molar-refractivity contribution is 0.708. The van der Waals surface area contributed by atoms with Crippen LogP contribution in [0.15, 0.2) is 75.2 Å². The highest BCUT2D eigenvalue weighted by Gasteiger charge is 2.15. The molecule has 2 heterocycles. The summed E-state index contributed by atoms with van der Waals surface area (Å²) in [6, 6.07) is 19.3. The number of rotatable bonds is 3. The minimum absolute atomic E-state index is 0.352. The molecular weight excluding hydrogens is 364 g/mol. The van der Waals surface area contributed by atoms with Gasteiger partial charge in [-0.3, -0.25) is 18.9 Å². The molecule has 0 aliphatic carbocycles. The Bertz CT molecular complexity index is 1350. The highest BCUT2D eigenvalue weighted by atomic mass is 16.2. The zero-order valence-electron chi connectivity index (χ0n) is 16.5. The van der Waals surface area contributed by atoms with Gasteiger partial charge in [0.25, 0.3) is 5.56 Å². The molecule has 6 heteroatoms. The van der Waals surface area contributed by atoms with Gasteiger partial charge in [0.05, 0.1) is 16.8 Å². The van der Waals surface area contributed by atoms with Crippen molar-refractivity contribution in [2.24, 2.45) is 19.1 Å². The van der Waals surface area contributed by atoms with Crippen molar-refractivity contribution < 1.29 is 0 Å². The third-order valence-electron chi connectivity index (χ3n) is 4.89. The summed E-state index contributed by atoms with van der Waals surface area (Å²) >= 11 is 0. The van der Waals surface area contributed by atoms with Gasteiger partial charge in [0.2, 0.25) is 0 Å². The first kappa shape index (κ1) is 18.6. The van der Waals surface area contributed by atoms with Gasteiger partial charge in [0.1, 0.15) is 5.65 Å². The van der Waals surface area contributed by atoms with Crippen LogP contribution in [-0.4, -0.2) is 20.3 Å². The molecule has 0 unspecified atom stereocenters. The highest BCUT2D eigenvalue weighted by Crippen LogP contribution is 2.24. The van der Waals surface area contributed by atoms with Gasteiger partial charge >= 0.3 is 5.69 Å². The zero-order chi connectivity index (χ0) is 20.5. The summed E-state index contributed by atoms with van der Waals surface area (Å²) in [5, 5.41) is 0.375. The zero-order valence-corrected chi connectivity index (χ0v) is 16.5. The Kier molecular flexibility index (Phi) is 4.68. The first-order valence-corrected chi connectivity index (χ1v) is 9.22. The smallest absolute Gasteiger partial charge is 0.280 e. The van der Waals surface area contributed by atoms with Crippen LogP contribution >= 0.6 is 0 Å². The average molecular weight is 384 g/mol. The third kappa shape index (κ3) is 3.40. The molecule has 0 N–H and O–H groups in total. The number of benzene rings is 2. The van der Waals surface area contributed by atoms with Crippen molar-refractivity contribution in [3.63, 3.8) is 0 Å². The van der Waals surface area contributed by atoms with Gasteiger partial charge in [-0.05, 0) is 25.1 Å². The number of nitrogens with zero attached hydrogens (tertiary/aromatic N) is 4. The molecule has 0 amide bonds. The van der Waals surface area contributed by atoms with Crippen molar-refractivity contribution in [3.8, 4) is 11.3 Å². The van der Waals surface area contributed by atoms with Crippen LogP contribution < -0.4 is 11.2 Å². The second-order valence-corrected chi connectivity index (χ2v) is 6.96. The molecule has 0 saturated carbocycles. The van der Waals surface area contributed by atoms with E-state index in [1.807, 2.05) is 61.5 Å². The van der Waals surface area contributed by atoms with E-state index in [1.165, 1.54) is 11.6 Å². The van der Waals surface area contributed by atoms with Gasteiger partial charge < -0.3 is 0 Å². The quantitative estimate of drug-likeness (QED) is 0.509. The van der Waals surface area contributed by atoms with Gasteiger partial charge in [0.15, 0.2) is 0 Å². The normalized spacial score (nSPS) is 11.4. The predicted molar refractivity (Wildman–Crippen MR) is 116 cm³/mol.